The molecule has 5 nitrogen and oxygen atoms in total. The molecular formula is C17H18FN3O2S. The van der Waals surface area contributed by atoms with E-state index in [9.17, 15) is 14.0 Å². The van der Waals surface area contributed by atoms with Crippen LogP contribution in [0.4, 0.5) is 10.1 Å². The number of amidine groups is 1. The van der Waals surface area contributed by atoms with Gasteiger partial charge in [0.1, 0.15) is 11.1 Å². The van der Waals surface area contributed by atoms with Crippen molar-refractivity contribution >= 4 is 34.4 Å². The molecule has 1 aliphatic rings. The molecule has 1 fully saturated rings. The SMILES string of the molecule is C=CCN=C1SC(CC(=O)Nc2ccccc2F)C(=O)N1CC=C. The van der Waals surface area contributed by atoms with E-state index in [0.717, 1.165) is 0 Å². The van der Waals surface area contributed by atoms with Gasteiger partial charge in [0.2, 0.25) is 11.8 Å². The number of benzene rings is 1. The van der Waals surface area contributed by atoms with Crippen molar-refractivity contribution in [1.29, 1.82) is 0 Å². The quantitative estimate of drug-likeness (QED) is 0.772. The van der Waals surface area contributed by atoms with Crippen molar-refractivity contribution in [3.8, 4) is 0 Å². The summed E-state index contributed by atoms with van der Waals surface area (Å²) in [7, 11) is 0. The van der Waals surface area contributed by atoms with Gasteiger partial charge in [-0.2, -0.15) is 0 Å². The molecule has 0 spiro atoms. The summed E-state index contributed by atoms with van der Waals surface area (Å²) in [5.41, 5.74) is 0.0986. The lowest BCUT2D eigenvalue weighted by Crippen LogP contribution is -2.33. The van der Waals surface area contributed by atoms with Crippen LogP contribution >= 0.6 is 11.8 Å². The lowest BCUT2D eigenvalue weighted by atomic mass is 10.2. The van der Waals surface area contributed by atoms with Crippen LogP contribution in [0.15, 0.2) is 54.6 Å². The Hall–Kier alpha value is -2.41. The van der Waals surface area contributed by atoms with Gasteiger partial charge in [-0.05, 0) is 12.1 Å². The van der Waals surface area contributed by atoms with Gasteiger partial charge in [0, 0.05) is 13.0 Å². The average Bonchev–Trinajstić information content (AvgIpc) is 2.84. The first kappa shape index (κ1) is 17.9. The number of amides is 2. The summed E-state index contributed by atoms with van der Waals surface area (Å²) >= 11 is 1.23. The van der Waals surface area contributed by atoms with E-state index in [1.807, 2.05) is 0 Å². The first-order chi connectivity index (χ1) is 11.6. The number of hydrogen-bond donors (Lipinski definition) is 1. The molecule has 126 valence electrons. The topological polar surface area (TPSA) is 61.8 Å². The predicted molar refractivity (Wildman–Crippen MR) is 95.4 cm³/mol. The van der Waals surface area contributed by atoms with Gasteiger partial charge in [0.05, 0.1) is 12.2 Å². The van der Waals surface area contributed by atoms with E-state index >= 15 is 0 Å². The van der Waals surface area contributed by atoms with E-state index in [1.54, 1.807) is 18.2 Å². The number of nitrogens with one attached hydrogen (secondary N) is 1. The number of carbonyl (C=O) groups excluding carboxylic acids is 2. The molecule has 1 aliphatic heterocycles. The predicted octanol–water partition coefficient (Wildman–Crippen LogP) is 2.83. The molecule has 1 heterocycles. The van der Waals surface area contributed by atoms with Crippen LogP contribution < -0.4 is 5.32 Å². The van der Waals surface area contributed by atoms with Gasteiger partial charge >= 0.3 is 0 Å². The number of anilines is 1. The fraction of sp³-hybridized carbons (Fsp3) is 0.235. The Bertz CT molecular complexity index is 690. The molecule has 24 heavy (non-hydrogen) atoms. The monoisotopic (exact) mass is 347 g/mol. The second kappa shape index (κ2) is 8.44. The smallest absolute Gasteiger partial charge is 0.242 e. The fourth-order valence-corrected chi connectivity index (χ4v) is 3.29. The molecule has 0 radical (unpaired) electrons. The van der Waals surface area contributed by atoms with Gasteiger partial charge in [-0.15, -0.1) is 13.2 Å². The van der Waals surface area contributed by atoms with Crippen molar-refractivity contribution in [3.63, 3.8) is 0 Å². The summed E-state index contributed by atoms with van der Waals surface area (Å²) in [6, 6.07) is 5.89. The molecule has 1 N–H and O–H groups in total. The first-order valence-electron chi connectivity index (χ1n) is 7.35. The molecule has 2 rings (SSSR count). The number of rotatable bonds is 7. The summed E-state index contributed by atoms with van der Waals surface area (Å²) in [6.45, 7) is 7.93. The first-order valence-corrected chi connectivity index (χ1v) is 8.23. The van der Waals surface area contributed by atoms with Gasteiger partial charge in [0.25, 0.3) is 0 Å². The molecule has 1 atom stereocenters. The third-order valence-corrected chi connectivity index (χ3v) is 4.42. The number of carbonyl (C=O) groups is 2. The van der Waals surface area contributed by atoms with E-state index in [4.69, 9.17) is 0 Å². The molecule has 0 aromatic heterocycles. The van der Waals surface area contributed by atoms with E-state index in [1.165, 1.54) is 34.9 Å². The number of halogens is 1. The van der Waals surface area contributed by atoms with Crippen molar-refractivity contribution in [2.45, 2.75) is 11.7 Å². The highest BCUT2D eigenvalue weighted by atomic mass is 32.2. The Morgan fingerprint density at radius 3 is 2.79 bits per heavy atom. The van der Waals surface area contributed by atoms with Crippen LogP contribution in [0.5, 0.6) is 0 Å². The van der Waals surface area contributed by atoms with Crippen molar-refractivity contribution in [2.75, 3.05) is 18.4 Å². The number of hydrogen-bond acceptors (Lipinski definition) is 4. The largest absolute Gasteiger partial charge is 0.324 e. The number of para-hydroxylation sites is 1. The highest BCUT2D eigenvalue weighted by Gasteiger charge is 2.38. The highest BCUT2D eigenvalue weighted by Crippen LogP contribution is 2.30. The lowest BCUT2D eigenvalue weighted by Gasteiger charge is -2.13. The van der Waals surface area contributed by atoms with Gasteiger partial charge in [-0.3, -0.25) is 19.5 Å². The van der Waals surface area contributed by atoms with Crippen LogP contribution in [0.2, 0.25) is 0 Å². The van der Waals surface area contributed by atoms with E-state index in [0.29, 0.717) is 18.3 Å². The van der Waals surface area contributed by atoms with Crippen LogP contribution in [-0.2, 0) is 9.59 Å². The Morgan fingerprint density at radius 1 is 1.38 bits per heavy atom. The minimum atomic E-state index is -0.583. The number of aliphatic imine (C=N–C) groups is 1. The van der Waals surface area contributed by atoms with Crippen molar-refractivity contribution in [1.82, 2.24) is 4.90 Å². The Labute approximate surface area is 144 Å². The third-order valence-electron chi connectivity index (χ3n) is 3.21. The minimum Gasteiger partial charge on any atom is -0.324 e. The van der Waals surface area contributed by atoms with Crippen molar-refractivity contribution in [3.05, 3.63) is 55.4 Å². The maximum atomic E-state index is 13.6. The maximum absolute atomic E-state index is 13.6. The molecule has 0 bridgehead atoms. The normalized spacial score (nSPS) is 18.7. The molecule has 1 aromatic rings. The van der Waals surface area contributed by atoms with Crippen molar-refractivity contribution in [2.24, 2.45) is 4.99 Å². The third kappa shape index (κ3) is 4.32. The molecular weight excluding hydrogens is 329 g/mol. The van der Waals surface area contributed by atoms with Gasteiger partial charge < -0.3 is 5.32 Å². The fourth-order valence-electron chi connectivity index (χ4n) is 2.13. The zero-order valence-electron chi connectivity index (χ0n) is 13.1. The highest BCUT2D eigenvalue weighted by molar-refractivity contribution is 8.15. The standard InChI is InChI=1S/C17H18FN3O2S/c1-3-9-19-17-21(10-4-2)16(23)14(24-17)11-15(22)20-13-8-6-5-7-12(13)18/h3-8,14H,1-2,9-11H2,(H,20,22). The van der Waals surface area contributed by atoms with E-state index in [2.05, 4.69) is 23.5 Å². The zero-order valence-corrected chi connectivity index (χ0v) is 13.9. The van der Waals surface area contributed by atoms with Crippen LogP contribution in [-0.4, -0.2) is 40.2 Å². The average molecular weight is 347 g/mol. The second-order valence-electron chi connectivity index (χ2n) is 4.99. The Balaban J connectivity index is 2.05. The summed E-state index contributed by atoms with van der Waals surface area (Å²) in [6.07, 6.45) is 3.17. The van der Waals surface area contributed by atoms with E-state index in [-0.39, 0.29) is 18.0 Å². The van der Waals surface area contributed by atoms with Crippen LogP contribution in [0.1, 0.15) is 6.42 Å². The summed E-state index contributed by atoms with van der Waals surface area (Å²) < 4.78 is 13.6. The molecule has 0 saturated carbocycles. The van der Waals surface area contributed by atoms with Crippen LogP contribution in [0, 0.1) is 5.82 Å². The zero-order chi connectivity index (χ0) is 17.5. The Kier molecular flexibility index (Phi) is 6.31. The lowest BCUT2D eigenvalue weighted by molar-refractivity contribution is -0.127. The van der Waals surface area contributed by atoms with E-state index < -0.39 is 17.0 Å². The Morgan fingerprint density at radius 2 is 2.12 bits per heavy atom. The second-order valence-corrected chi connectivity index (χ2v) is 6.16. The molecule has 1 saturated heterocycles. The van der Waals surface area contributed by atoms with Gasteiger partial charge in [-0.1, -0.05) is 36.0 Å². The van der Waals surface area contributed by atoms with Crippen molar-refractivity contribution < 1.29 is 14.0 Å². The molecule has 2 amide bonds. The summed E-state index contributed by atoms with van der Waals surface area (Å²) in [4.78, 5) is 30.3. The molecule has 0 aliphatic carbocycles. The molecule has 1 aromatic carbocycles. The summed E-state index contributed by atoms with van der Waals surface area (Å²) in [5.74, 6) is -1.14. The number of nitrogens with zero attached hydrogens (tertiary/aromatic N) is 2. The van der Waals surface area contributed by atoms with Gasteiger partial charge in [0.15, 0.2) is 5.17 Å². The maximum Gasteiger partial charge on any atom is 0.242 e. The van der Waals surface area contributed by atoms with Crippen LogP contribution in [0.25, 0.3) is 0 Å². The molecule has 1 unspecified atom stereocenters. The summed E-state index contributed by atoms with van der Waals surface area (Å²) in [5, 5.41) is 2.45. The molecule has 7 heteroatoms. The van der Waals surface area contributed by atoms with Gasteiger partial charge in [-0.25, -0.2) is 4.39 Å². The minimum absolute atomic E-state index is 0.0570. The van der Waals surface area contributed by atoms with Crippen LogP contribution in [0.3, 0.4) is 0 Å². The number of thioether (sulfide) groups is 1.